The predicted octanol–water partition coefficient (Wildman–Crippen LogP) is 2.93. The van der Waals surface area contributed by atoms with E-state index in [0.29, 0.717) is 6.04 Å². The van der Waals surface area contributed by atoms with Crippen molar-refractivity contribution in [2.24, 2.45) is 23.6 Å². The van der Waals surface area contributed by atoms with E-state index in [1.165, 1.54) is 27.9 Å². The van der Waals surface area contributed by atoms with Gasteiger partial charge in [-0.3, -0.25) is 11.3 Å². The number of nitrogens with one attached hydrogen (secondary N) is 1. The topological polar surface area (TPSA) is 38.0 Å². The molecule has 1 aromatic heterocycles. The Hall–Kier alpha value is 0.1000. The molecule has 2 aliphatic carbocycles. The second-order valence-electron chi connectivity index (χ2n) is 5.02. The summed E-state index contributed by atoms with van der Waals surface area (Å²) in [5.74, 6) is 8.51. The predicted molar refractivity (Wildman–Crippen MR) is 71.2 cm³/mol. The highest BCUT2D eigenvalue weighted by Gasteiger charge is 2.55. The molecule has 0 aliphatic heterocycles. The molecule has 0 saturated heterocycles. The van der Waals surface area contributed by atoms with Gasteiger partial charge in [-0.05, 0) is 65.1 Å². The van der Waals surface area contributed by atoms with Crippen LogP contribution in [0.3, 0.4) is 0 Å². The van der Waals surface area contributed by atoms with Gasteiger partial charge in [0.2, 0.25) is 0 Å². The van der Waals surface area contributed by atoms with Gasteiger partial charge in [-0.15, -0.1) is 11.3 Å². The zero-order valence-electron chi connectivity index (χ0n) is 9.16. The molecule has 0 bridgehead atoms. The van der Waals surface area contributed by atoms with Gasteiger partial charge in [0, 0.05) is 10.9 Å². The van der Waals surface area contributed by atoms with Crippen molar-refractivity contribution in [3.8, 4) is 0 Å². The van der Waals surface area contributed by atoms with E-state index in [9.17, 15) is 0 Å². The van der Waals surface area contributed by atoms with Crippen LogP contribution in [0.2, 0.25) is 0 Å². The Morgan fingerprint density at radius 1 is 1.44 bits per heavy atom. The Kier molecular flexibility index (Phi) is 3.09. The average molecular weight is 301 g/mol. The Bertz CT molecular complexity index is 369. The fourth-order valence-corrected chi connectivity index (χ4v) is 5.00. The normalized spacial score (nSPS) is 33.8. The van der Waals surface area contributed by atoms with Gasteiger partial charge in [0.25, 0.3) is 0 Å². The van der Waals surface area contributed by atoms with Gasteiger partial charge < -0.3 is 0 Å². The third-order valence-corrected chi connectivity index (χ3v) is 5.85. The van der Waals surface area contributed by atoms with Gasteiger partial charge in [0.05, 0.1) is 3.79 Å². The van der Waals surface area contributed by atoms with Crippen LogP contribution in [0.5, 0.6) is 0 Å². The van der Waals surface area contributed by atoms with Crippen molar-refractivity contribution in [2.45, 2.75) is 31.7 Å². The Morgan fingerprint density at radius 3 is 2.75 bits per heavy atom. The van der Waals surface area contributed by atoms with Crippen LogP contribution >= 0.6 is 27.3 Å². The van der Waals surface area contributed by atoms with Gasteiger partial charge in [0.15, 0.2) is 0 Å². The average Bonchev–Trinajstić information content (AvgIpc) is 2.70. The van der Waals surface area contributed by atoms with Crippen molar-refractivity contribution in [2.75, 3.05) is 0 Å². The molecule has 0 aromatic carbocycles. The first kappa shape index (κ1) is 11.2. The zero-order valence-corrected chi connectivity index (χ0v) is 11.6. The summed E-state index contributed by atoms with van der Waals surface area (Å²) >= 11 is 5.34. The van der Waals surface area contributed by atoms with E-state index < -0.39 is 0 Å². The summed E-state index contributed by atoms with van der Waals surface area (Å²) in [6, 6.07) is 4.82. The van der Waals surface area contributed by atoms with Gasteiger partial charge >= 0.3 is 0 Å². The molecule has 2 aliphatic rings. The fraction of sp³-hybridized carbons (Fsp3) is 0.667. The minimum atomic E-state index is 0.487. The zero-order chi connectivity index (χ0) is 11.1. The van der Waals surface area contributed by atoms with Crippen molar-refractivity contribution in [3.63, 3.8) is 0 Å². The molecular weight excluding hydrogens is 284 g/mol. The molecule has 0 radical (unpaired) electrons. The van der Waals surface area contributed by atoms with E-state index in [0.717, 1.165) is 24.2 Å². The SMILES string of the molecule is NNC(Cc1ccc(Br)s1)C1C2CCCC21. The van der Waals surface area contributed by atoms with Crippen LogP contribution in [0.4, 0.5) is 0 Å². The maximum Gasteiger partial charge on any atom is 0.0701 e. The number of hydrogen-bond donors (Lipinski definition) is 2. The highest BCUT2D eigenvalue weighted by molar-refractivity contribution is 9.11. The van der Waals surface area contributed by atoms with E-state index in [2.05, 4.69) is 33.5 Å². The standard InChI is InChI=1S/C12H17BrN2S/c13-11-5-4-7(16-11)6-10(15-14)12-8-2-1-3-9(8)12/h4-5,8-10,12,15H,1-3,6,14H2. The maximum atomic E-state index is 5.71. The van der Waals surface area contributed by atoms with Crippen LogP contribution in [-0.2, 0) is 6.42 Å². The molecule has 3 unspecified atom stereocenters. The maximum absolute atomic E-state index is 5.71. The molecule has 88 valence electrons. The summed E-state index contributed by atoms with van der Waals surface area (Å²) in [5.41, 5.74) is 3.04. The molecule has 2 saturated carbocycles. The summed E-state index contributed by atoms with van der Waals surface area (Å²) in [5, 5.41) is 0. The summed E-state index contributed by atoms with van der Waals surface area (Å²) < 4.78 is 1.22. The van der Waals surface area contributed by atoms with Crippen LogP contribution in [0.1, 0.15) is 24.1 Å². The van der Waals surface area contributed by atoms with Crippen LogP contribution in [0, 0.1) is 17.8 Å². The Morgan fingerprint density at radius 2 is 2.19 bits per heavy atom. The quantitative estimate of drug-likeness (QED) is 0.663. The molecule has 2 nitrogen and oxygen atoms in total. The van der Waals surface area contributed by atoms with E-state index in [1.807, 2.05) is 11.3 Å². The highest BCUT2D eigenvalue weighted by Crippen LogP contribution is 2.59. The lowest BCUT2D eigenvalue weighted by atomic mass is 10.0. The van der Waals surface area contributed by atoms with Crippen LogP contribution < -0.4 is 11.3 Å². The monoisotopic (exact) mass is 300 g/mol. The van der Waals surface area contributed by atoms with Gasteiger partial charge in [-0.2, -0.15) is 0 Å². The van der Waals surface area contributed by atoms with Gasteiger partial charge in [-0.1, -0.05) is 6.42 Å². The van der Waals surface area contributed by atoms with Crippen LogP contribution in [-0.4, -0.2) is 6.04 Å². The summed E-state index contributed by atoms with van der Waals surface area (Å²) in [6.45, 7) is 0. The molecule has 0 spiro atoms. The minimum Gasteiger partial charge on any atom is -0.271 e. The van der Waals surface area contributed by atoms with Crippen molar-refractivity contribution < 1.29 is 0 Å². The number of thiophene rings is 1. The van der Waals surface area contributed by atoms with Crippen molar-refractivity contribution >= 4 is 27.3 Å². The minimum absolute atomic E-state index is 0.487. The fourth-order valence-electron chi connectivity index (χ4n) is 3.46. The molecule has 2 fully saturated rings. The molecule has 4 heteroatoms. The van der Waals surface area contributed by atoms with Crippen molar-refractivity contribution in [3.05, 3.63) is 20.8 Å². The first-order valence-corrected chi connectivity index (χ1v) is 7.61. The molecule has 3 atom stereocenters. The van der Waals surface area contributed by atoms with E-state index in [-0.39, 0.29) is 0 Å². The molecule has 0 amide bonds. The van der Waals surface area contributed by atoms with Crippen LogP contribution in [0.15, 0.2) is 15.9 Å². The first-order valence-electron chi connectivity index (χ1n) is 6.00. The third-order valence-electron chi connectivity index (χ3n) is 4.20. The highest BCUT2D eigenvalue weighted by atomic mass is 79.9. The van der Waals surface area contributed by atoms with Crippen molar-refractivity contribution in [1.29, 1.82) is 0 Å². The molecule has 3 rings (SSSR count). The second-order valence-corrected chi connectivity index (χ2v) is 7.57. The third kappa shape index (κ3) is 1.96. The first-order chi connectivity index (χ1) is 7.79. The number of rotatable bonds is 4. The smallest absolute Gasteiger partial charge is 0.0701 e. The summed E-state index contributed by atoms with van der Waals surface area (Å²) in [7, 11) is 0. The number of fused-ring (bicyclic) bond motifs is 1. The van der Waals surface area contributed by atoms with E-state index >= 15 is 0 Å². The van der Waals surface area contributed by atoms with Gasteiger partial charge in [0.1, 0.15) is 0 Å². The van der Waals surface area contributed by atoms with Crippen molar-refractivity contribution in [1.82, 2.24) is 5.43 Å². The lowest BCUT2D eigenvalue weighted by Gasteiger charge is -2.16. The molecule has 1 heterocycles. The molecule has 1 aromatic rings. The Labute approximate surface area is 109 Å². The van der Waals surface area contributed by atoms with E-state index in [1.54, 1.807) is 0 Å². The molecule has 3 N–H and O–H groups in total. The molecular formula is C12H17BrN2S. The van der Waals surface area contributed by atoms with Gasteiger partial charge in [-0.25, -0.2) is 0 Å². The number of hydrazine groups is 1. The number of nitrogens with two attached hydrogens (primary N) is 1. The second kappa shape index (κ2) is 4.41. The Balaban J connectivity index is 1.64. The van der Waals surface area contributed by atoms with E-state index in [4.69, 9.17) is 5.84 Å². The summed E-state index contributed by atoms with van der Waals surface area (Å²) in [6.07, 6.45) is 5.39. The summed E-state index contributed by atoms with van der Waals surface area (Å²) in [4.78, 5) is 1.43. The number of halogens is 1. The largest absolute Gasteiger partial charge is 0.271 e. The van der Waals surface area contributed by atoms with Crippen LogP contribution in [0.25, 0.3) is 0 Å². The number of hydrogen-bond acceptors (Lipinski definition) is 3. The lowest BCUT2D eigenvalue weighted by molar-refractivity contribution is 0.412. The lowest BCUT2D eigenvalue weighted by Crippen LogP contribution is -2.39. The molecule has 16 heavy (non-hydrogen) atoms.